The van der Waals surface area contributed by atoms with Gasteiger partial charge in [0.1, 0.15) is 11.6 Å². The fourth-order valence-electron chi connectivity index (χ4n) is 6.98. The van der Waals surface area contributed by atoms with E-state index in [4.69, 9.17) is 4.74 Å². The molecule has 2 bridgehead atoms. The summed E-state index contributed by atoms with van der Waals surface area (Å²) < 4.78 is 36.6. The van der Waals surface area contributed by atoms with E-state index < -0.39 is 23.6 Å². The number of aromatic nitrogens is 1. The van der Waals surface area contributed by atoms with Crippen molar-refractivity contribution in [3.8, 4) is 0 Å². The summed E-state index contributed by atoms with van der Waals surface area (Å²) in [6.07, 6.45) is 8.18. The number of nitrogens with zero attached hydrogens (tertiary/aromatic N) is 1. The van der Waals surface area contributed by atoms with E-state index in [-0.39, 0.29) is 18.2 Å². The zero-order valence-corrected chi connectivity index (χ0v) is 20.8. The van der Waals surface area contributed by atoms with Crippen molar-refractivity contribution in [1.29, 1.82) is 0 Å². The van der Waals surface area contributed by atoms with E-state index in [0.717, 1.165) is 40.9 Å². The van der Waals surface area contributed by atoms with Gasteiger partial charge in [-0.25, -0.2) is 13.6 Å². The number of halogens is 2. The maximum Gasteiger partial charge on any atom is 0.330 e. The average Bonchev–Trinajstić information content (AvgIpc) is 3.20. The van der Waals surface area contributed by atoms with Crippen LogP contribution >= 0.6 is 0 Å². The molecule has 2 aromatic carbocycles. The lowest BCUT2D eigenvalue weighted by Gasteiger charge is -2.55. The fraction of sp³-hybridized carbons (Fsp3) is 0.433. The van der Waals surface area contributed by atoms with Crippen LogP contribution in [-0.4, -0.2) is 34.5 Å². The highest BCUT2D eigenvalue weighted by molar-refractivity contribution is 5.87. The van der Waals surface area contributed by atoms with Crippen molar-refractivity contribution in [2.75, 3.05) is 6.61 Å². The standard InChI is InChI=1S/C30H32F2N2O2/c1-3-36-27(35)11-9-19-15-23(31)28(24(32)16-19)30-29-22(21-6-4-5-7-25(21)33-29)12-17(2)34(30)26-10-8-18-13-20(26)14-18/h4-7,9,11,15-18,20,26,30,33H,3,8,10,12-14H2,1-2H3/b11-9+/t17-,18?,20?,26?,30-/m1/s1. The monoisotopic (exact) mass is 490 g/mol. The lowest BCUT2D eigenvalue weighted by atomic mass is 9.61. The number of para-hydroxylation sites is 1. The third-order valence-corrected chi connectivity index (χ3v) is 8.57. The van der Waals surface area contributed by atoms with Crippen molar-refractivity contribution in [3.63, 3.8) is 0 Å². The Morgan fingerprint density at radius 1 is 1.17 bits per heavy atom. The minimum absolute atomic E-state index is 0.0871. The van der Waals surface area contributed by atoms with Gasteiger partial charge < -0.3 is 9.72 Å². The first-order valence-corrected chi connectivity index (χ1v) is 13.1. The molecule has 2 heterocycles. The Kier molecular flexibility index (Phi) is 5.95. The average molecular weight is 491 g/mol. The number of H-pyrrole nitrogens is 1. The zero-order valence-electron chi connectivity index (χ0n) is 20.8. The number of esters is 1. The second kappa shape index (κ2) is 9.15. The molecule has 3 aliphatic carbocycles. The summed E-state index contributed by atoms with van der Waals surface area (Å²) in [6, 6.07) is 10.7. The Hall–Kier alpha value is -2.99. The van der Waals surface area contributed by atoms with Crippen molar-refractivity contribution in [2.24, 2.45) is 11.8 Å². The van der Waals surface area contributed by atoms with Crippen molar-refractivity contribution in [1.82, 2.24) is 9.88 Å². The molecule has 1 N–H and O–H groups in total. The van der Waals surface area contributed by atoms with Gasteiger partial charge in [-0.1, -0.05) is 18.2 Å². The molecule has 188 valence electrons. The summed E-state index contributed by atoms with van der Waals surface area (Å²) in [5.74, 6) is -0.289. The van der Waals surface area contributed by atoms with Crippen LogP contribution in [0.1, 0.15) is 68.0 Å². The summed E-state index contributed by atoms with van der Waals surface area (Å²) in [5.41, 5.74) is 3.46. The second-order valence-corrected chi connectivity index (χ2v) is 10.7. The van der Waals surface area contributed by atoms with Gasteiger partial charge >= 0.3 is 5.97 Å². The number of fused-ring (bicyclic) bond motifs is 5. The van der Waals surface area contributed by atoms with Gasteiger partial charge in [0, 0.05) is 40.3 Å². The minimum Gasteiger partial charge on any atom is -0.463 e. The highest BCUT2D eigenvalue weighted by Crippen LogP contribution is 2.52. The van der Waals surface area contributed by atoms with Gasteiger partial charge in [0.05, 0.1) is 12.6 Å². The quantitative estimate of drug-likeness (QED) is 0.326. The molecule has 0 radical (unpaired) electrons. The summed E-state index contributed by atoms with van der Waals surface area (Å²) in [6.45, 7) is 4.16. The SMILES string of the molecule is CCOC(=O)/C=C/c1cc(F)c([C@@H]2c3[nH]c4ccccc4c3C[C@@H](C)N2C2CCC3CC2C3)c(F)c1. The molecule has 4 aliphatic rings. The molecule has 36 heavy (non-hydrogen) atoms. The Labute approximate surface area is 210 Å². The molecule has 1 aliphatic heterocycles. The molecule has 6 heteroatoms. The molecule has 7 rings (SSSR count). The number of rotatable bonds is 5. The first-order valence-electron chi connectivity index (χ1n) is 13.1. The maximum atomic E-state index is 15.9. The molecular weight excluding hydrogens is 458 g/mol. The van der Waals surface area contributed by atoms with Crippen LogP contribution < -0.4 is 0 Å². The van der Waals surface area contributed by atoms with E-state index in [2.05, 4.69) is 22.9 Å². The molecule has 4 nitrogen and oxygen atoms in total. The predicted octanol–water partition coefficient (Wildman–Crippen LogP) is 6.55. The molecule has 3 fully saturated rings. The van der Waals surface area contributed by atoms with Crippen LogP contribution in [0.4, 0.5) is 8.78 Å². The summed E-state index contributed by atoms with van der Waals surface area (Å²) in [5, 5.41) is 1.13. The number of hydrogen-bond donors (Lipinski definition) is 1. The summed E-state index contributed by atoms with van der Waals surface area (Å²) >= 11 is 0. The first kappa shape index (κ1) is 23.4. The Morgan fingerprint density at radius 2 is 1.92 bits per heavy atom. The molecule has 1 unspecified atom stereocenters. The predicted molar refractivity (Wildman–Crippen MR) is 136 cm³/mol. The van der Waals surface area contributed by atoms with Crippen LogP contribution in [0, 0.1) is 23.5 Å². The minimum atomic E-state index is -0.588. The third kappa shape index (κ3) is 3.86. The molecule has 1 aromatic heterocycles. The molecule has 0 spiro atoms. The number of ether oxygens (including phenoxy) is 1. The number of carbonyl (C=O) groups is 1. The van der Waals surface area contributed by atoms with Gasteiger partial charge in [0.2, 0.25) is 0 Å². The molecule has 3 aromatic rings. The highest BCUT2D eigenvalue weighted by atomic mass is 19.1. The van der Waals surface area contributed by atoms with Crippen molar-refractivity contribution < 1.29 is 18.3 Å². The van der Waals surface area contributed by atoms with Crippen molar-refractivity contribution in [2.45, 2.75) is 64.1 Å². The summed E-state index contributed by atoms with van der Waals surface area (Å²) in [4.78, 5) is 17.7. The van der Waals surface area contributed by atoms with Gasteiger partial charge in [-0.05, 0) is 93.2 Å². The number of aromatic amines is 1. The van der Waals surface area contributed by atoms with E-state index in [1.807, 2.05) is 18.2 Å². The Balaban J connectivity index is 1.47. The van der Waals surface area contributed by atoms with Crippen LogP contribution in [0.15, 0.2) is 42.5 Å². The largest absolute Gasteiger partial charge is 0.463 e. The zero-order chi connectivity index (χ0) is 25.0. The number of nitrogens with one attached hydrogen (secondary N) is 1. The Bertz CT molecular complexity index is 1310. The van der Waals surface area contributed by atoms with Crippen LogP contribution in [0.5, 0.6) is 0 Å². The molecular formula is C30H32F2N2O2. The van der Waals surface area contributed by atoms with Gasteiger partial charge in [-0.3, -0.25) is 4.90 Å². The highest BCUT2D eigenvalue weighted by Gasteiger charge is 2.49. The van der Waals surface area contributed by atoms with Crippen LogP contribution in [0.3, 0.4) is 0 Å². The topological polar surface area (TPSA) is 45.3 Å². The van der Waals surface area contributed by atoms with E-state index in [0.29, 0.717) is 17.5 Å². The lowest BCUT2D eigenvalue weighted by Crippen LogP contribution is -2.56. The molecule has 3 atom stereocenters. The van der Waals surface area contributed by atoms with Crippen LogP contribution in [0.2, 0.25) is 0 Å². The molecule has 0 amide bonds. The van der Waals surface area contributed by atoms with Crippen LogP contribution in [-0.2, 0) is 16.0 Å². The van der Waals surface area contributed by atoms with E-state index >= 15 is 8.78 Å². The first-order chi connectivity index (χ1) is 17.4. The number of benzene rings is 2. The van der Waals surface area contributed by atoms with E-state index in [9.17, 15) is 4.79 Å². The second-order valence-electron chi connectivity index (χ2n) is 10.7. The maximum absolute atomic E-state index is 15.9. The third-order valence-electron chi connectivity index (χ3n) is 8.57. The smallest absolute Gasteiger partial charge is 0.330 e. The molecule has 0 saturated heterocycles. The Morgan fingerprint density at radius 3 is 2.61 bits per heavy atom. The fourth-order valence-corrected chi connectivity index (χ4v) is 6.98. The van der Waals surface area contributed by atoms with Gasteiger partial charge in [-0.15, -0.1) is 0 Å². The van der Waals surface area contributed by atoms with Gasteiger partial charge in [0.25, 0.3) is 0 Å². The molecule has 3 saturated carbocycles. The van der Waals surface area contributed by atoms with Crippen molar-refractivity contribution >= 4 is 22.9 Å². The van der Waals surface area contributed by atoms with Gasteiger partial charge in [-0.2, -0.15) is 0 Å². The van der Waals surface area contributed by atoms with Crippen LogP contribution in [0.25, 0.3) is 17.0 Å². The summed E-state index contributed by atoms with van der Waals surface area (Å²) in [7, 11) is 0. The van der Waals surface area contributed by atoms with Gasteiger partial charge in [0.15, 0.2) is 0 Å². The van der Waals surface area contributed by atoms with E-state index in [1.165, 1.54) is 43.5 Å². The van der Waals surface area contributed by atoms with Crippen molar-refractivity contribution in [3.05, 3.63) is 76.5 Å². The number of carbonyl (C=O) groups excluding carboxylic acids is 1. The lowest BCUT2D eigenvalue weighted by molar-refractivity contribution is -0.137. The normalized spacial score (nSPS) is 27.7. The number of hydrogen-bond acceptors (Lipinski definition) is 3. The van der Waals surface area contributed by atoms with E-state index in [1.54, 1.807) is 6.92 Å².